The van der Waals surface area contributed by atoms with Gasteiger partial charge in [0.05, 0.1) is 4.90 Å². The molecule has 0 fully saturated rings. The Kier molecular flexibility index (Phi) is 5.17. The molecule has 20 heavy (non-hydrogen) atoms. The Hall–Kier alpha value is -0.920. The minimum absolute atomic E-state index is 0.247. The van der Waals surface area contributed by atoms with Gasteiger partial charge in [-0.15, -0.1) is 11.3 Å². The van der Waals surface area contributed by atoms with E-state index in [1.807, 2.05) is 7.05 Å². The van der Waals surface area contributed by atoms with Crippen molar-refractivity contribution in [2.45, 2.75) is 18.0 Å². The molecular formula is C13H15ClN2O2S2. The zero-order valence-corrected chi connectivity index (χ0v) is 13.3. The van der Waals surface area contributed by atoms with E-state index in [2.05, 4.69) is 10.0 Å². The van der Waals surface area contributed by atoms with E-state index in [1.54, 1.807) is 35.7 Å². The molecule has 108 valence electrons. The molecular weight excluding hydrogens is 316 g/mol. The highest BCUT2D eigenvalue weighted by atomic mass is 35.5. The number of sulfonamides is 1. The summed E-state index contributed by atoms with van der Waals surface area (Å²) in [6.07, 6.45) is 0. The lowest BCUT2D eigenvalue weighted by molar-refractivity contribution is 0.581. The molecule has 1 aromatic carbocycles. The highest BCUT2D eigenvalue weighted by molar-refractivity contribution is 7.89. The smallest absolute Gasteiger partial charge is 0.241 e. The van der Waals surface area contributed by atoms with Gasteiger partial charge in [-0.25, -0.2) is 13.1 Å². The maximum atomic E-state index is 12.1. The minimum atomic E-state index is -3.47. The normalized spacial score (nSPS) is 11.7. The van der Waals surface area contributed by atoms with Crippen molar-refractivity contribution in [2.75, 3.05) is 7.05 Å². The number of hydrogen-bond donors (Lipinski definition) is 2. The van der Waals surface area contributed by atoms with Crippen LogP contribution < -0.4 is 10.0 Å². The Morgan fingerprint density at radius 1 is 1.20 bits per heavy atom. The van der Waals surface area contributed by atoms with Gasteiger partial charge in [0.15, 0.2) is 0 Å². The molecule has 0 atom stereocenters. The van der Waals surface area contributed by atoms with Gasteiger partial charge >= 0.3 is 0 Å². The molecule has 0 unspecified atom stereocenters. The van der Waals surface area contributed by atoms with Crippen LogP contribution in [-0.2, 0) is 23.1 Å². The van der Waals surface area contributed by atoms with Crippen molar-refractivity contribution in [1.82, 2.24) is 10.0 Å². The Morgan fingerprint density at radius 3 is 2.55 bits per heavy atom. The SMILES string of the molecule is CNCc1cc(S(=O)(=O)NCc2ccc(Cl)cc2)cs1. The Labute approximate surface area is 127 Å². The topological polar surface area (TPSA) is 58.2 Å². The van der Waals surface area contributed by atoms with Gasteiger partial charge in [0, 0.05) is 28.4 Å². The van der Waals surface area contributed by atoms with Crippen LogP contribution in [0.4, 0.5) is 0 Å². The Balaban J connectivity index is 2.04. The highest BCUT2D eigenvalue weighted by Crippen LogP contribution is 2.19. The quantitative estimate of drug-likeness (QED) is 0.856. The first-order valence-corrected chi connectivity index (χ1v) is 8.71. The average molecular weight is 331 g/mol. The van der Waals surface area contributed by atoms with Gasteiger partial charge in [0.1, 0.15) is 0 Å². The molecule has 7 heteroatoms. The summed E-state index contributed by atoms with van der Waals surface area (Å²) < 4.78 is 26.9. The molecule has 2 aromatic rings. The summed E-state index contributed by atoms with van der Waals surface area (Å²) in [6, 6.07) is 8.75. The summed E-state index contributed by atoms with van der Waals surface area (Å²) in [4.78, 5) is 1.29. The van der Waals surface area contributed by atoms with E-state index >= 15 is 0 Å². The zero-order valence-electron chi connectivity index (χ0n) is 10.9. The van der Waals surface area contributed by atoms with Crippen LogP contribution in [0, 0.1) is 0 Å². The molecule has 1 heterocycles. The molecule has 0 aliphatic rings. The second-order valence-electron chi connectivity index (χ2n) is 4.23. The van der Waals surface area contributed by atoms with Gasteiger partial charge in [-0.1, -0.05) is 23.7 Å². The second kappa shape index (κ2) is 6.69. The monoisotopic (exact) mass is 330 g/mol. The van der Waals surface area contributed by atoms with Crippen LogP contribution in [0.25, 0.3) is 0 Å². The molecule has 2 N–H and O–H groups in total. The van der Waals surface area contributed by atoms with Crippen molar-refractivity contribution in [2.24, 2.45) is 0 Å². The Morgan fingerprint density at radius 2 is 1.90 bits per heavy atom. The molecule has 0 radical (unpaired) electrons. The summed E-state index contributed by atoms with van der Waals surface area (Å²) in [7, 11) is -1.64. The van der Waals surface area contributed by atoms with Crippen molar-refractivity contribution in [3.8, 4) is 0 Å². The maximum absolute atomic E-state index is 12.1. The first-order valence-electron chi connectivity index (χ1n) is 5.97. The standard InChI is InChI=1S/C13H15ClN2O2S2/c1-15-8-12-6-13(9-19-12)20(17,18)16-7-10-2-4-11(14)5-3-10/h2-6,9,15-16H,7-8H2,1H3. The lowest BCUT2D eigenvalue weighted by atomic mass is 10.2. The number of nitrogens with one attached hydrogen (secondary N) is 2. The van der Waals surface area contributed by atoms with Crippen molar-refractivity contribution in [1.29, 1.82) is 0 Å². The molecule has 0 saturated carbocycles. The molecule has 0 amide bonds. The lowest BCUT2D eigenvalue weighted by Crippen LogP contribution is -2.22. The van der Waals surface area contributed by atoms with Crippen LogP contribution in [0.1, 0.15) is 10.4 Å². The van der Waals surface area contributed by atoms with Crippen LogP contribution in [0.15, 0.2) is 40.6 Å². The van der Waals surface area contributed by atoms with E-state index in [0.717, 1.165) is 10.4 Å². The number of halogens is 1. The minimum Gasteiger partial charge on any atom is -0.315 e. The van der Waals surface area contributed by atoms with Gasteiger partial charge in [-0.05, 0) is 30.8 Å². The average Bonchev–Trinajstić information content (AvgIpc) is 2.88. The number of hydrogen-bond acceptors (Lipinski definition) is 4. The van der Waals surface area contributed by atoms with Crippen LogP contribution in [0.2, 0.25) is 5.02 Å². The molecule has 0 bridgehead atoms. The van der Waals surface area contributed by atoms with Gasteiger partial charge in [-0.3, -0.25) is 0 Å². The van der Waals surface area contributed by atoms with Gasteiger partial charge in [0.2, 0.25) is 10.0 Å². The molecule has 0 aliphatic carbocycles. The maximum Gasteiger partial charge on any atom is 0.241 e. The van der Waals surface area contributed by atoms with Crippen LogP contribution >= 0.6 is 22.9 Å². The number of benzene rings is 1. The fourth-order valence-corrected chi connectivity index (χ4v) is 4.06. The van der Waals surface area contributed by atoms with Gasteiger partial charge in [-0.2, -0.15) is 0 Å². The first kappa shape index (κ1) is 15.5. The van der Waals surface area contributed by atoms with E-state index in [-0.39, 0.29) is 6.54 Å². The Bertz CT molecular complexity index is 666. The zero-order chi connectivity index (χ0) is 14.6. The van der Waals surface area contributed by atoms with Crippen LogP contribution in [0.3, 0.4) is 0 Å². The highest BCUT2D eigenvalue weighted by Gasteiger charge is 2.15. The third-order valence-electron chi connectivity index (χ3n) is 2.67. The summed E-state index contributed by atoms with van der Waals surface area (Å²) in [5.41, 5.74) is 0.864. The fourth-order valence-electron chi connectivity index (χ4n) is 1.63. The molecule has 4 nitrogen and oxygen atoms in total. The third kappa shape index (κ3) is 4.04. The number of thiophene rings is 1. The summed E-state index contributed by atoms with van der Waals surface area (Å²) in [5, 5.41) is 5.27. The molecule has 0 saturated heterocycles. The summed E-state index contributed by atoms with van der Waals surface area (Å²) in [5.74, 6) is 0. The van der Waals surface area contributed by atoms with Gasteiger partial charge in [0.25, 0.3) is 0 Å². The summed E-state index contributed by atoms with van der Waals surface area (Å²) >= 11 is 7.21. The van der Waals surface area contributed by atoms with E-state index in [1.165, 1.54) is 11.3 Å². The lowest BCUT2D eigenvalue weighted by Gasteiger charge is -2.05. The summed E-state index contributed by atoms with van der Waals surface area (Å²) in [6.45, 7) is 0.911. The van der Waals surface area contributed by atoms with Crippen LogP contribution in [-0.4, -0.2) is 15.5 Å². The predicted octanol–water partition coefficient (Wildman–Crippen LogP) is 2.60. The van der Waals surface area contributed by atoms with Crippen molar-refractivity contribution >= 4 is 33.0 Å². The van der Waals surface area contributed by atoms with Crippen LogP contribution in [0.5, 0.6) is 0 Å². The number of rotatable bonds is 6. The van der Waals surface area contributed by atoms with Crippen molar-refractivity contribution in [3.63, 3.8) is 0 Å². The second-order valence-corrected chi connectivity index (χ2v) is 7.43. The largest absolute Gasteiger partial charge is 0.315 e. The molecule has 0 aliphatic heterocycles. The van der Waals surface area contributed by atoms with Gasteiger partial charge < -0.3 is 5.32 Å². The van der Waals surface area contributed by atoms with Crippen molar-refractivity contribution in [3.05, 3.63) is 51.2 Å². The predicted molar refractivity (Wildman–Crippen MR) is 82.6 cm³/mol. The molecule has 2 rings (SSSR count). The fraction of sp³-hybridized carbons (Fsp3) is 0.231. The van der Waals surface area contributed by atoms with E-state index < -0.39 is 10.0 Å². The van der Waals surface area contributed by atoms with E-state index in [0.29, 0.717) is 16.5 Å². The first-order chi connectivity index (χ1) is 9.51. The van der Waals surface area contributed by atoms with Crippen molar-refractivity contribution < 1.29 is 8.42 Å². The van der Waals surface area contributed by atoms with E-state index in [4.69, 9.17) is 11.6 Å². The van der Waals surface area contributed by atoms with E-state index in [9.17, 15) is 8.42 Å². The molecule has 1 aromatic heterocycles. The molecule has 0 spiro atoms. The third-order valence-corrected chi connectivity index (χ3v) is 5.39.